The predicted molar refractivity (Wildman–Crippen MR) is 109 cm³/mol. The first-order valence-electron chi connectivity index (χ1n) is 9.17. The van der Waals surface area contributed by atoms with Crippen LogP contribution in [0.3, 0.4) is 0 Å². The number of methoxy groups -OCH3 is 1. The fourth-order valence-electron chi connectivity index (χ4n) is 2.64. The van der Waals surface area contributed by atoms with Gasteiger partial charge < -0.3 is 19.3 Å². The second-order valence-electron chi connectivity index (χ2n) is 6.38. The molecule has 0 saturated heterocycles. The van der Waals surface area contributed by atoms with Crippen molar-refractivity contribution in [3.05, 3.63) is 58.9 Å². The van der Waals surface area contributed by atoms with Crippen LogP contribution in [-0.4, -0.2) is 29.3 Å². The third-order valence-electron chi connectivity index (χ3n) is 4.30. The van der Waals surface area contributed by atoms with Crippen LogP contribution in [-0.2, 0) is 11.3 Å². The van der Waals surface area contributed by atoms with Crippen LogP contribution in [0.2, 0.25) is 5.02 Å². The molecule has 0 saturated carbocycles. The Kier molecular flexibility index (Phi) is 6.72. The lowest BCUT2D eigenvalue weighted by Gasteiger charge is -2.17. The molecule has 0 bridgehead atoms. The third kappa shape index (κ3) is 5.26. The lowest BCUT2D eigenvalue weighted by Crippen LogP contribution is -2.37. The first-order valence-corrected chi connectivity index (χ1v) is 9.55. The SMILES string of the molecule is CC[C@@H](Oc1ccc(Cl)c(C)c1)C(=O)NCc1nc(-c2ccc(OC)cc2)no1. The molecule has 0 aliphatic rings. The molecule has 3 rings (SSSR count). The van der Waals surface area contributed by atoms with Gasteiger partial charge in [-0.1, -0.05) is 23.7 Å². The molecule has 0 unspecified atom stereocenters. The van der Waals surface area contributed by atoms with E-state index >= 15 is 0 Å². The molecule has 7 nitrogen and oxygen atoms in total. The first kappa shape index (κ1) is 20.7. The molecule has 8 heteroatoms. The van der Waals surface area contributed by atoms with Gasteiger partial charge in [-0.25, -0.2) is 0 Å². The lowest BCUT2D eigenvalue weighted by atomic mass is 10.2. The average molecular weight is 416 g/mol. The van der Waals surface area contributed by atoms with E-state index in [9.17, 15) is 4.79 Å². The quantitative estimate of drug-likeness (QED) is 0.593. The van der Waals surface area contributed by atoms with E-state index in [-0.39, 0.29) is 12.5 Å². The minimum atomic E-state index is -0.639. The Morgan fingerprint density at radius 3 is 2.59 bits per heavy atom. The Morgan fingerprint density at radius 1 is 1.21 bits per heavy atom. The van der Waals surface area contributed by atoms with E-state index in [1.807, 2.05) is 38.1 Å². The number of rotatable bonds is 8. The summed E-state index contributed by atoms with van der Waals surface area (Å²) in [4.78, 5) is 16.8. The van der Waals surface area contributed by atoms with E-state index in [4.69, 9.17) is 25.6 Å². The minimum absolute atomic E-state index is 0.113. The van der Waals surface area contributed by atoms with Crippen LogP contribution in [0.1, 0.15) is 24.8 Å². The number of halogens is 1. The number of aromatic nitrogens is 2. The summed E-state index contributed by atoms with van der Waals surface area (Å²) in [7, 11) is 1.60. The number of nitrogens with zero attached hydrogens (tertiary/aromatic N) is 2. The maximum absolute atomic E-state index is 12.5. The second-order valence-corrected chi connectivity index (χ2v) is 6.79. The van der Waals surface area contributed by atoms with Gasteiger partial charge in [0, 0.05) is 10.6 Å². The highest BCUT2D eigenvalue weighted by Crippen LogP contribution is 2.23. The van der Waals surface area contributed by atoms with Crippen molar-refractivity contribution >= 4 is 17.5 Å². The molecule has 2 aromatic carbocycles. The smallest absolute Gasteiger partial charge is 0.261 e. The molecule has 1 aromatic heterocycles. The highest BCUT2D eigenvalue weighted by Gasteiger charge is 2.19. The number of carbonyl (C=O) groups excluding carboxylic acids is 1. The summed E-state index contributed by atoms with van der Waals surface area (Å²) in [5.41, 5.74) is 1.68. The van der Waals surface area contributed by atoms with Crippen molar-refractivity contribution in [2.75, 3.05) is 7.11 Å². The summed E-state index contributed by atoms with van der Waals surface area (Å²) < 4.78 is 16.2. The van der Waals surface area contributed by atoms with E-state index in [0.29, 0.717) is 28.9 Å². The van der Waals surface area contributed by atoms with E-state index in [1.165, 1.54) is 0 Å². The Bertz CT molecular complexity index is 972. The highest BCUT2D eigenvalue weighted by atomic mass is 35.5. The molecule has 0 fully saturated rings. The van der Waals surface area contributed by atoms with Crippen molar-refractivity contribution in [3.8, 4) is 22.9 Å². The number of nitrogens with one attached hydrogen (secondary N) is 1. The zero-order chi connectivity index (χ0) is 20.8. The molecule has 0 aliphatic carbocycles. The summed E-state index contributed by atoms with van der Waals surface area (Å²) in [6.07, 6.45) is -0.131. The number of aryl methyl sites for hydroxylation is 1. The molecule has 29 heavy (non-hydrogen) atoms. The summed E-state index contributed by atoms with van der Waals surface area (Å²) in [6, 6.07) is 12.6. The van der Waals surface area contributed by atoms with Gasteiger partial charge in [-0.2, -0.15) is 4.98 Å². The maximum atomic E-state index is 12.5. The van der Waals surface area contributed by atoms with Crippen LogP contribution in [0.5, 0.6) is 11.5 Å². The molecule has 1 heterocycles. The number of carbonyl (C=O) groups is 1. The van der Waals surface area contributed by atoms with Gasteiger partial charge in [-0.3, -0.25) is 4.79 Å². The van der Waals surface area contributed by atoms with Crippen molar-refractivity contribution in [1.29, 1.82) is 0 Å². The van der Waals surface area contributed by atoms with Gasteiger partial charge in [-0.05, 0) is 61.4 Å². The Labute approximate surface area is 174 Å². The molecule has 152 valence electrons. The summed E-state index contributed by atoms with van der Waals surface area (Å²) in [6.45, 7) is 3.87. The van der Waals surface area contributed by atoms with Crippen molar-refractivity contribution in [1.82, 2.24) is 15.5 Å². The van der Waals surface area contributed by atoms with Crippen molar-refractivity contribution in [2.45, 2.75) is 32.9 Å². The average Bonchev–Trinajstić information content (AvgIpc) is 3.22. The van der Waals surface area contributed by atoms with Gasteiger partial charge in [0.05, 0.1) is 13.7 Å². The number of hydrogen-bond donors (Lipinski definition) is 1. The second kappa shape index (κ2) is 9.43. The minimum Gasteiger partial charge on any atom is -0.497 e. The molecule has 1 amide bonds. The molecule has 0 aliphatic heterocycles. The van der Waals surface area contributed by atoms with Gasteiger partial charge in [0.2, 0.25) is 11.7 Å². The van der Waals surface area contributed by atoms with Gasteiger partial charge in [0.1, 0.15) is 11.5 Å². The number of benzene rings is 2. The molecule has 0 radical (unpaired) electrons. The van der Waals surface area contributed by atoms with E-state index in [1.54, 1.807) is 25.3 Å². The summed E-state index contributed by atoms with van der Waals surface area (Å²) >= 11 is 6.03. The van der Waals surface area contributed by atoms with E-state index in [2.05, 4.69) is 15.5 Å². The first-order chi connectivity index (χ1) is 14.0. The van der Waals surface area contributed by atoms with Crippen molar-refractivity contribution in [3.63, 3.8) is 0 Å². The summed E-state index contributed by atoms with van der Waals surface area (Å²) in [5.74, 6) is 1.82. The van der Waals surface area contributed by atoms with Gasteiger partial charge >= 0.3 is 0 Å². The largest absolute Gasteiger partial charge is 0.497 e. The highest BCUT2D eigenvalue weighted by molar-refractivity contribution is 6.31. The van der Waals surface area contributed by atoms with Gasteiger partial charge in [-0.15, -0.1) is 0 Å². The number of hydrogen-bond acceptors (Lipinski definition) is 6. The molecule has 1 N–H and O–H groups in total. The lowest BCUT2D eigenvalue weighted by molar-refractivity contribution is -0.128. The van der Waals surface area contributed by atoms with Crippen molar-refractivity contribution < 1.29 is 18.8 Å². The van der Waals surface area contributed by atoms with Gasteiger partial charge in [0.15, 0.2) is 6.10 Å². The number of amides is 1. The Balaban J connectivity index is 1.58. The van der Waals surface area contributed by atoms with E-state index in [0.717, 1.165) is 16.9 Å². The van der Waals surface area contributed by atoms with Crippen LogP contribution in [0.25, 0.3) is 11.4 Å². The standard InChI is InChI=1S/C21H22ClN3O4/c1-4-18(28-16-9-10-17(22)13(2)11-16)21(26)23-12-19-24-20(25-29-19)14-5-7-15(27-3)8-6-14/h5-11,18H,4,12H2,1-3H3,(H,23,26)/t18-/m1/s1. The molecule has 3 aromatic rings. The topological polar surface area (TPSA) is 86.5 Å². The normalized spacial score (nSPS) is 11.7. The zero-order valence-corrected chi connectivity index (χ0v) is 17.2. The zero-order valence-electron chi connectivity index (χ0n) is 16.4. The molecule has 1 atom stereocenters. The van der Waals surface area contributed by atoms with Crippen LogP contribution >= 0.6 is 11.6 Å². The van der Waals surface area contributed by atoms with Crippen LogP contribution < -0.4 is 14.8 Å². The number of ether oxygens (including phenoxy) is 2. The molecular weight excluding hydrogens is 394 g/mol. The fraction of sp³-hybridized carbons (Fsp3) is 0.286. The Morgan fingerprint density at radius 2 is 1.93 bits per heavy atom. The Hall–Kier alpha value is -3.06. The van der Waals surface area contributed by atoms with Crippen LogP contribution in [0, 0.1) is 6.92 Å². The van der Waals surface area contributed by atoms with Gasteiger partial charge in [0.25, 0.3) is 5.91 Å². The molecular formula is C21H22ClN3O4. The summed E-state index contributed by atoms with van der Waals surface area (Å²) in [5, 5.41) is 7.37. The monoisotopic (exact) mass is 415 g/mol. The van der Waals surface area contributed by atoms with Crippen LogP contribution in [0.15, 0.2) is 47.0 Å². The third-order valence-corrected chi connectivity index (χ3v) is 4.73. The molecule has 0 spiro atoms. The van der Waals surface area contributed by atoms with E-state index < -0.39 is 6.10 Å². The van der Waals surface area contributed by atoms with Crippen LogP contribution in [0.4, 0.5) is 0 Å². The predicted octanol–water partition coefficient (Wildman–Crippen LogP) is 4.18. The maximum Gasteiger partial charge on any atom is 0.261 e. The fourth-order valence-corrected chi connectivity index (χ4v) is 2.76. The van der Waals surface area contributed by atoms with Crippen molar-refractivity contribution in [2.24, 2.45) is 0 Å².